The molecule has 0 saturated carbocycles. The molecule has 0 heterocycles. The van der Waals surface area contributed by atoms with Crippen molar-refractivity contribution < 1.29 is 41.0 Å². The summed E-state index contributed by atoms with van der Waals surface area (Å²) in [5.41, 5.74) is 2.27. The SMILES string of the molecule is CC(=O)N[C@H](C)C(=O)Oc1cccc(C=Nc2ccccc2N=C(C)/C=C(\[O-])c2ccccc2)c1[O-].[Ni+2]. The first kappa shape index (κ1) is 29.0. The van der Waals surface area contributed by atoms with E-state index in [0.29, 0.717) is 22.6 Å². The van der Waals surface area contributed by atoms with Crippen LogP contribution < -0.4 is 20.3 Å². The Kier molecular flexibility index (Phi) is 10.8. The molecule has 0 unspecified atom stereocenters. The van der Waals surface area contributed by atoms with Crippen molar-refractivity contribution in [2.45, 2.75) is 26.8 Å². The Hall–Kier alpha value is -4.23. The summed E-state index contributed by atoms with van der Waals surface area (Å²) in [6.45, 7) is 4.46. The molecule has 0 aliphatic heterocycles. The number of allylic oxidation sites excluding steroid dienone is 1. The van der Waals surface area contributed by atoms with Gasteiger partial charge in [0.25, 0.3) is 0 Å². The third kappa shape index (κ3) is 8.44. The largest absolute Gasteiger partial charge is 2.00 e. The molecule has 3 aromatic rings. The maximum atomic E-state index is 12.8. The number of carbonyl (C=O) groups is 2. The molecule has 0 bridgehead atoms. The summed E-state index contributed by atoms with van der Waals surface area (Å²) >= 11 is 0. The van der Waals surface area contributed by atoms with Gasteiger partial charge in [0.2, 0.25) is 5.91 Å². The Balaban J connectivity index is 0.00000481. The second-order valence-corrected chi connectivity index (χ2v) is 7.89. The van der Waals surface area contributed by atoms with Crippen molar-refractivity contribution in [1.82, 2.24) is 5.32 Å². The van der Waals surface area contributed by atoms with E-state index < -0.39 is 17.8 Å². The van der Waals surface area contributed by atoms with E-state index in [1.807, 2.05) is 6.07 Å². The summed E-state index contributed by atoms with van der Waals surface area (Å²) < 4.78 is 5.16. The summed E-state index contributed by atoms with van der Waals surface area (Å²) in [7, 11) is 0. The van der Waals surface area contributed by atoms with Gasteiger partial charge in [-0.3, -0.25) is 14.8 Å². The molecule has 192 valence electrons. The molecule has 0 aliphatic carbocycles. The molecular weight excluding hydrogens is 517 g/mol. The first-order chi connectivity index (χ1) is 17.2. The second kappa shape index (κ2) is 13.8. The van der Waals surface area contributed by atoms with Crippen molar-refractivity contribution in [3.63, 3.8) is 0 Å². The van der Waals surface area contributed by atoms with Gasteiger partial charge in [-0.2, -0.15) is 0 Å². The van der Waals surface area contributed by atoms with Crippen LogP contribution >= 0.6 is 0 Å². The number of hydrogen-bond acceptors (Lipinski definition) is 7. The molecule has 3 aromatic carbocycles. The second-order valence-electron chi connectivity index (χ2n) is 7.89. The van der Waals surface area contributed by atoms with Gasteiger partial charge in [0.1, 0.15) is 11.8 Å². The summed E-state index contributed by atoms with van der Waals surface area (Å²) in [6, 6.07) is 19.5. The third-order valence-corrected chi connectivity index (χ3v) is 4.91. The van der Waals surface area contributed by atoms with Gasteiger partial charge in [0.05, 0.1) is 11.4 Å². The number of benzene rings is 3. The average Bonchev–Trinajstić information content (AvgIpc) is 2.85. The predicted octanol–water partition coefficient (Wildman–Crippen LogP) is 3.43. The van der Waals surface area contributed by atoms with E-state index in [-0.39, 0.29) is 39.5 Å². The fraction of sp³-hybridized carbons (Fsp3) is 0.143. The minimum absolute atomic E-state index is 0. The smallest absolute Gasteiger partial charge is 0.872 e. The standard InChI is InChI=1S/C28H27N3O5.Ni/c1-18(16-25(33)21-10-5-4-6-11-21)30-24-14-8-7-13-23(24)29-17-22-12-9-15-26(27(22)34)36-28(35)19(2)31-20(3)32;/h4-17,19,33-34H,1-3H3,(H,31,32);/q;+2/p-2/b25-16-,29-17?,30-18?;/t19-;/m1./s1. The van der Waals surface area contributed by atoms with Gasteiger partial charge in [0.15, 0.2) is 0 Å². The van der Waals surface area contributed by atoms with Gasteiger partial charge in [-0.15, -0.1) is 0 Å². The fourth-order valence-electron chi connectivity index (χ4n) is 3.18. The quantitative estimate of drug-likeness (QED) is 0.154. The summed E-state index contributed by atoms with van der Waals surface area (Å²) in [6.07, 6.45) is 2.81. The summed E-state index contributed by atoms with van der Waals surface area (Å²) in [5, 5.41) is 27.6. The Labute approximate surface area is 225 Å². The number of esters is 1. The zero-order valence-electron chi connectivity index (χ0n) is 20.4. The minimum Gasteiger partial charge on any atom is -0.872 e. The van der Waals surface area contributed by atoms with E-state index in [9.17, 15) is 19.8 Å². The van der Waals surface area contributed by atoms with E-state index >= 15 is 0 Å². The molecule has 0 radical (unpaired) electrons. The first-order valence-electron chi connectivity index (χ1n) is 11.2. The molecule has 1 atom stereocenters. The van der Waals surface area contributed by atoms with Crippen molar-refractivity contribution in [3.05, 3.63) is 90.0 Å². The fourth-order valence-corrected chi connectivity index (χ4v) is 3.18. The van der Waals surface area contributed by atoms with Crippen LogP contribution in [0.15, 0.2) is 88.9 Å². The van der Waals surface area contributed by atoms with Crippen molar-refractivity contribution in [2.24, 2.45) is 9.98 Å². The third-order valence-electron chi connectivity index (χ3n) is 4.91. The number of nitrogens with zero attached hydrogens (tertiary/aromatic N) is 2. The molecule has 37 heavy (non-hydrogen) atoms. The zero-order chi connectivity index (χ0) is 26.1. The molecule has 0 fully saturated rings. The maximum Gasteiger partial charge on any atom is 2.00 e. The minimum atomic E-state index is -0.905. The van der Waals surface area contributed by atoms with Crippen molar-refractivity contribution in [3.8, 4) is 11.5 Å². The number of hydrogen-bond donors (Lipinski definition) is 1. The zero-order valence-corrected chi connectivity index (χ0v) is 21.4. The van der Waals surface area contributed by atoms with Gasteiger partial charge in [0, 0.05) is 18.9 Å². The molecule has 0 saturated heterocycles. The predicted molar refractivity (Wildman–Crippen MR) is 136 cm³/mol. The molecule has 0 aromatic heterocycles. The monoisotopic (exact) mass is 541 g/mol. The number of aliphatic imine (C=N–C) groups is 2. The molecular formula is C28H25N3NiO5. The van der Waals surface area contributed by atoms with Crippen LogP contribution in [0.2, 0.25) is 0 Å². The number of para-hydroxylation sites is 3. The maximum absolute atomic E-state index is 12.8. The topological polar surface area (TPSA) is 126 Å². The van der Waals surface area contributed by atoms with Crippen LogP contribution in [0.1, 0.15) is 31.9 Å². The molecule has 8 nitrogen and oxygen atoms in total. The van der Waals surface area contributed by atoms with E-state index in [0.717, 1.165) is 0 Å². The number of nitrogens with one attached hydrogen (secondary N) is 1. The molecule has 0 spiro atoms. The van der Waals surface area contributed by atoms with Gasteiger partial charge >= 0.3 is 22.5 Å². The molecule has 1 amide bonds. The van der Waals surface area contributed by atoms with Crippen molar-refractivity contribution in [2.75, 3.05) is 0 Å². The molecule has 1 N–H and O–H groups in total. The Morgan fingerprint density at radius 1 is 0.946 bits per heavy atom. The first-order valence-corrected chi connectivity index (χ1v) is 11.2. The molecule has 3 rings (SSSR count). The van der Waals surface area contributed by atoms with Crippen LogP contribution in [0, 0.1) is 0 Å². The van der Waals surface area contributed by atoms with E-state index in [4.69, 9.17) is 4.74 Å². The van der Waals surface area contributed by atoms with E-state index in [2.05, 4.69) is 15.3 Å². The number of ether oxygens (including phenoxy) is 1. The molecule has 0 aliphatic rings. The Morgan fingerprint density at radius 3 is 2.27 bits per heavy atom. The van der Waals surface area contributed by atoms with Gasteiger partial charge in [-0.1, -0.05) is 66.1 Å². The summed E-state index contributed by atoms with van der Waals surface area (Å²) in [5.74, 6) is -2.00. The van der Waals surface area contributed by atoms with Gasteiger partial charge in [-0.05, 0) is 49.2 Å². The average molecular weight is 542 g/mol. The number of rotatable bonds is 8. The number of carbonyl (C=O) groups excluding carboxylic acids is 2. The van der Waals surface area contributed by atoms with Crippen LogP contribution in [-0.4, -0.2) is 29.8 Å². The van der Waals surface area contributed by atoms with Crippen LogP contribution in [0.3, 0.4) is 0 Å². The molecule has 9 heteroatoms. The van der Waals surface area contributed by atoms with Crippen molar-refractivity contribution >= 4 is 40.9 Å². The van der Waals surface area contributed by atoms with Gasteiger partial charge < -0.3 is 20.3 Å². The van der Waals surface area contributed by atoms with E-state index in [1.165, 1.54) is 32.2 Å². The Morgan fingerprint density at radius 2 is 1.59 bits per heavy atom. The van der Waals surface area contributed by atoms with E-state index in [1.54, 1.807) is 67.6 Å². The van der Waals surface area contributed by atoms with Crippen molar-refractivity contribution in [1.29, 1.82) is 0 Å². The van der Waals surface area contributed by atoms with Gasteiger partial charge in [-0.25, -0.2) is 4.79 Å². The Bertz CT molecular complexity index is 1340. The number of amides is 1. The normalized spacial score (nSPS) is 12.5. The van der Waals surface area contributed by atoms with Crippen LogP contribution in [-0.2, 0) is 26.1 Å². The van der Waals surface area contributed by atoms with Crippen LogP contribution in [0.25, 0.3) is 5.76 Å². The van der Waals surface area contributed by atoms with Crippen LogP contribution in [0.4, 0.5) is 11.4 Å². The summed E-state index contributed by atoms with van der Waals surface area (Å²) in [4.78, 5) is 32.2. The van der Waals surface area contributed by atoms with Crippen LogP contribution in [0.5, 0.6) is 11.5 Å².